The maximum atomic E-state index is 13.4. The molecule has 0 aliphatic carbocycles. The van der Waals surface area contributed by atoms with E-state index in [-0.39, 0.29) is 11.6 Å². The molecule has 0 radical (unpaired) electrons. The van der Waals surface area contributed by atoms with Gasteiger partial charge in [-0.05, 0) is 25.5 Å². The minimum absolute atomic E-state index is 0.00619. The first-order valence-electron chi connectivity index (χ1n) is 5.95. The van der Waals surface area contributed by atoms with Crippen LogP contribution in [-0.4, -0.2) is 17.3 Å². The third-order valence-electron chi connectivity index (χ3n) is 3.31. The number of anilines is 1. The van der Waals surface area contributed by atoms with E-state index in [1.165, 1.54) is 6.07 Å². The van der Waals surface area contributed by atoms with E-state index in [1.807, 2.05) is 13.8 Å². The summed E-state index contributed by atoms with van der Waals surface area (Å²) >= 11 is 0. The highest BCUT2D eigenvalue weighted by atomic mass is 19.1. The van der Waals surface area contributed by atoms with Crippen molar-refractivity contribution in [3.8, 4) is 11.5 Å². The third-order valence-corrected chi connectivity index (χ3v) is 3.31. The van der Waals surface area contributed by atoms with Crippen LogP contribution in [0.2, 0.25) is 0 Å². The second-order valence-corrected chi connectivity index (χ2v) is 4.41. The lowest BCUT2D eigenvalue weighted by Gasteiger charge is -2.21. The fourth-order valence-electron chi connectivity index (χ4n) is 1.66. The zero-order chi connectivity index (χ0) is 14.0. The van der Waals surface area contributed by atoms with Crippen molar-refractivity contribution >= 4 is 5.69 Å². The number of hydrogen-bond acceptors (Lipinski definition) is 5. The number of nitrogen functional groups attached to an aromatic ring is 1. The molecule has 0 saturated heterocycles. The highest BCUT2D eigenvalue weighted by Crippen LogP contribution is 2.30. The largest absolute Gasteiger partial charge is 0.396 e. The predicted molar refractivity (Wildman–Crippen MR) is 68.8 cm³/mol. The molecule has 1 atom stereocenters. The van der Waals surface area contributed by atoms with Crippen LogP contribution >= 0.6 is 0 Å². The van der Waals surface area contributed by atoms with Gasteiger partial charge in [0.25, 0.3) is 5.89 Å². The molecule has 0 fully saturated rings. The molecule has 102 valence electrons. The molecule has 1 aromatic carbocycles. The molecule has 19 heavy (non-hydrogen) atoms. The quantitative estimate of drug-likeness (QED) is 0.860. The van der Waals surface area contributed by atoms with E-state index in [2.05, 4.69) is 10.1 Å². The lowest BCUT2D eigenvalue weighted by molar-refractivity contribution is -0.0106. The van der Waals surface area contributed by atoms with Crippen LogP contribution in [0.4, 0.5) is 10.1 Å². The SMILES string of the molecule is CCC(C)(OC)c1noc(-c2cccc(F)c2N)n1. The van der Waals surface area contributed by atoms with Crippen LogP contribution < -0.4 is 5.73 Å². The van der Waals surface area contributed by atoms with Crippen LogP contribution in [0.15, 0.2) is 22.7 Å². The fraction of sp³-hybridized carbons (Fsp3) is 0.385. The van der Waals surface area contributed by atoms with Gasteiger partial charge < -0.3 is 15.0 Å². The molecule has 0 saturated carbocycles. The normalized spacial score (nSPS) is 14.3. The van der Waals surface area contributed by atoms with Crippen LogP contribution in [0.25, 0.3) is 11.5 Å². The number of para-hydroxylation sites is 1. The van der Waals surface area contributed by atoms with Crippen molar-refractivity contribution in [3.05, 3.63) is 29.8 Å². The van der Waals surface area contributed by atoms with E-state index in [0.717, 1.165) is 0 Å². The first-order valence-corrected chi connectivity index (χ1v) is 5.95. The Morgan fingerprint density at radius 2 is 2.21 bits per heavy atom. The van der Waals surface area contributed by atoms with Crippen molar-refractivity contribution in [1.29, 1.82) is 0 Å². The van der Waals surface area contributed by atoms with Gasteiger partial charge in [-0.15, -0.1) is 0 Å². The number of aromatic nitrogens is 2. The van der Waals surface area contributed by atoms with Gasteiger partial charge in [-0.25, -0.2) is 4.39 Å². The van der Waals surface area contributed by atoms with Crippen LogP contribution in [0.3, 0.4) is 0 Å². The van der Waals surface area contributed by atoms with Gasteiger partial charge in [0.2, 0.25) is 5.82 Å². The standard InChI is InChI=1S/C13H16FN3O2/c1-4-13(2,18-3)12-16-11(19-17-12)8-6-5-7-9(14)10(8)15/h5-7H,4,15H2,1-3H3. The number of halogens is 1. The van der Waals surface area contributed by atoms with Crippen molar-refractivity contribution in [3.63, 3.8) is 0 Å². The number of nitrogens with zero attached hydrogens (tertiary/aromatic N) is 2. The molecular weight excluding hydrogens is 249 g/mol. The molecule has 1 aromatic heterocycles. The summed E-state index contributed by atoms with van der Waals surface area (Å²) in [4.78, 5) is 4.25. The Bertz CT molecular complexity index is 579. The molecule has 2 N–H and O–H groups in total. The van der Waals surface area contributed by atoms with Crippen LogP contribution in [0.5, 0.6) is 0 Å². The van der Waals surface area contributed by atoms with Crippen molar-refractivity contribution in [2.45, 2.75) is 25.9 Å². The molecule has 2 rings (SSSR count). The summed E-state index contributed by atoms with van der Waals surface area (Å²) in [5, 5.41) is 3.89. The van der Waals surface area contributed by atoms with Gasteiger partial charge in [0.15, 0.2) is 0 Å². The maximum absolute atomic E-state index is 13.4. The van der Waals surface area contributed by atoms with E-state index < -0.39 is 11.4 Å². The summed E-state index contributed by atoms with van der Waals surface area (Å²) in [6.45, 7) is 3.81. The molecule has 1 unspecified atom stereocenters. The Kier molecular flexibility index (Phi) is 3.53. The molecule has 0 aliphatic rings. The summed E-state index contributed by atoms with van der Waals surface area (Å²) in [5.41, 5.74) is 5.41. The van der Waals surface area contributed by atoms with E-state index in [9.17, 15) is 4.39 Å². The Labute approximate surface area is 110 Å². The summed E-state index contributed by atoms with van der Waals surface area (Å²) in [6.07, 6.45) is 0.682. The molecule has 6 heteroatoms. The second kappa shape index (κ2) is 4.97. The summed E-state index contributed by atoms with van der Waals surface area (Å²) in [7, 11) is 1.58. The highest BCUT2D eigenvalue weighted by molar-refractivity contribution is 5.70. The summed E-state index contributed by atoms with van der Waals surface area (Å²) < 4.78 is 23.9. The molecular formula is C13H16FN3O2. The Hall–Kier alpha value is -1.95. The molecule has 0 spiro atoms. The minimum atomic E-state index is -0.635. The van der Waals surface area contributed by atoms with Crippen molar-refractivity contribution in [1.82, 2.24) is 10.1 Å². The number of benzene rings is 1. The van der Waals surface area contributed by atoms with E-state index in [0.29, 0.717) is 17.8 Å². The topological polar surface area (TPSA) is 74.2 Å². The first-order chi connectivity index (χ1) is 9.01. The zero-order valence-corrected chi connectivity index (χ0v) is 11.1. The number of ether oxygens (including phenoxy) is 1. The first kappa shape index (κ1) is 13.5. The van der Waals surface area contributed by atoms with E-state index in [1.54, 1.807) is 19.2 Å². The number of methoxy groups -OCH3 is 1. The molecule has 0 aliphatic heterocycles. The fourth-order valence-corrected chi connectivity index (χ4v) is 1.66. The van der Waals surface area contributed by atoms with Gasteiger partial charge in [0, 0.05) is 7.11 Å². The average molecular weight is 265 g/mol. The predicted octanol–water partition coefficient (Wildman–Crippen LogP) is 2.73. The van der Waals surface area contributed by atoms with Gasteiger partial charge >= 0.3 is 0 Å². The van der Waals surface area contributed by atoms with Crippen molar-refractivity contribution < 1.29 is 13.7 Å². The lowest BCUT2D eigenvalue weighted by Crippen LogP contribution is -2.24. The van der Waals surface area contributed by atoms with Crippen LogP contribution in [0, 0.1) is 5.82 Å². The van der Waals surface area contributed by atoms with E-state index >= 15 is 0 Å². The zero-order valence-electron chi connectivity index (χ0n) is 11.1. The third kappa shape index (κ3) is 2.31. The monoisotopic (exact) mass is 265 g/mol. The Morgan fingerprint density at radius 3 is 2.84 bits per heavy atom. The molecule has 1 heterocycles. The highest BCUT2D eigenvalue weighted by Gasteiger charge is 2.30. The van der Waals surface area contributed by atoms with Gasteiger partial charge in [-0.1, -0.05) is 18.1 Å². The van der Waals surface area contributed by atoms with Gasteiger partial charge in [-0.2, -0.15) is 4.98 Å². The average Bonchev–Trinajstić information content (AvgIpc) is 2.91. The van der Waals surface area contributed by atoms with Gasteiger partial charge in [0.1, 0.15) is 11.4 Å². The lowest BCUT2D eigenvalue weighted by atomic mass is 10.0. The van der Waals surface area contributed by atoms with Crippen molar-refractivity contribution in [2.75, 3.05) is 12.8 Å². The van der Waals surface area contributed by atoms with E-state index in [4.69, 9.17) is 15.0 Å². The Balaban J connectivity index is 2.44. The number of hydrogen-bond donors (Lipinski definition) is 1. The summed E-state index contributed by atoms with van der Waals surface area (Å²) in [6, 6.07) is 4.45. The molecule has 2 aromatic rings. The molecule has 0 bridgehead atoms. The minimum Gasteiger partial charge on any atom is -0.396 e. The maximum Gasteiger partial charge on any atom is 0.260 e. The second-order valence-electron chi connectivity index (χ2n) is 4.41. The Morgan fingerprint density at radius 1 is 1.47 bits per heavy atom. The summed E-state index contributed by atoms with van der Waals surface area (Å²) in [5.74, 6) is 0.0853. The number of rotatable bonds is 4. The van der Waals surface area contributed by atoms with Crippen LogP contribution in [-0.2, 0) is 10.3 Å². The van der Waals surface area contributed by atoms with Gasteiger partial charge in [-0.3, -0.25) is 0 Å². The number of nitrogens with two attached hydrogens (primary N) is 1. The smallest absolute Gasteiger partial charge is 0.260 e. The molecule has 0 amide bonds. The van der Waals surface area contributed by atoms with Crippen molar-refractivity contribution in [2.24, 2.45) is 0 Å². The van der Waals surface area contributed by atoms with Crippen LogP contribution in [0.1, 0.15) is 26.1 Å². The molecule has 5 nitrogen and oxygen atoms in total. The van der Waals surface area contributed by atoms with Gasteiger partial charge in [0.05, 0.1) is 11.3 Å².